The van der Waals surface area contributed by atoms with E-state index in [1.165, 1.54) is 0 Å². The van der Waals surface area contributed by atoms with Crippen molar-refractivity contribution in [2.45, 2.75) is 45.2 Å². The number of carboxylic acids is 1. The molecule has 6 heteroatoms. The molecular formula is C21H26N2O4. The molecule has 0 bridgehead atoms. The molecule has 1 aliphatic heterocycles. The fourth-order valence-electron chi connectivity index (χ4n) is 3.97. The molecule has 2 atom stereocenters. The van der Waals surface area contributed by atoms with Gasteiger partial charge >= 0.3 is 5.97 Å². The number of aliphatic carboxylic acids is 1. The van der Waals surface area contributed by atoms with E-state index >= 15 is 0 Å². The van der Waals surface area contributed by atoms with Gasteiger partial charge in [-0.25, -0.2) is 0 Å². The number of hydrogen-bond acceptors (Lipinski definition) is 3. The molecule has 0 aliphatic carbocycles. The van der Waals surface area contributed by atoms with Crippen molar-refractivity contribution in [1.29, 1.82) is 0 Å². The van der Waals surface area contributed by atoms with Crippen molar-refractivity contribution in [1.82, 2.24) is 9.88 Å². The molecule has 1 aliphatic rings. The van der Waals surface area contributed by atoms with Crippen molar-refractivity contribution >= 4 is 11.9 Å². The largest absolute Gasteiger partial charge is 0.481 e. The van der Waals surface area contributed by atoms with Crippen LogP contribution in [-0.2, 0) is 9.53 Å². The van der Waals surface area contributed by atoms with E-state index in [0.29, 0.717) is 18.6 Å². The monoisotopic (exact) mass is 370 g/mol. The van der Waals surface area contributed by atoms with E-state index in [-0.39, 0.29) is 25.0 Å². The Labute approximate surface area is 159 Å². The molecule has 1 fully saturated rings. The molecule has 2 aromatic rings. The standard InChI is InChI=1S/C21H26N2O4/c1-14-11-18(16(3)23(14)15(2)17-7-5-4-6-8-17)20(26)22-21(12-19(24)25)9-10-27-13-21/h4-8,11,15H,9-10,12-13H2,1-3H3,(H,22,26)(H,24,25). The second-order valence-electron chi connectivity index (χ2n) is 7.35. The molecule has 6 nitrogen and oxygen atoms in total. The van der Waals surface area contributed by atoms with Gasteiger partial charge in [-0.05, 0) is 38.8 Å². The summed E-state index contributed by atoms with van der Waals surface area (Å²) in [6.07, 6.45) is 0.363. The third kappa shape index (κ3) is 3.90. The van der Waals surface area contributed by atoms with Crippen molar-refractivity contribution < 1.29 is 19.4 Å². The molecule has 0 spiro atoms. The minimum Gasteiger partial charge on any atom is -0.481 e. The zero-order chi connectivity index (χ0) is 19.6. The molecule has 2 N–H and O–H groups in total. The molecule has 2 unspecified atom stereocenters. The molecule has 0 radical (unpaired) electrons. The van der Waals surface area contributed by atoms with Gasteiger partial charge in [0.15, 0.2) is 0 Å². The van der Waals surface area contributed by atoms with Crippen LogP contribution in [-0.4, -0.2) is 40.3 Å². The third-order valence-corrected chi connectivity index (χ3v) is 5.37. The first-order valence-corrected chi connectivity index (χ1v) is 9.18. The van der Waals surface area contributed by atoms with Crippen molar-refractivity contribution in [3.05, 3.63) is 58.9 Å². The number of hydrogen-bond donors (Lipinski definition) is 2. The molecule has 27 heavy (non-hydrogen) atoms. The van der Waals surface area contributed by atoms with Crippen LogP contribution in [0.1, 0.15) is 53.1 Å². The SMILES string of the molecule is Cc1cc(C(=O)NC2(CC(=O)O)CCOC2)c(C)n1C(C)c1ccccc1. The number of aromatic nitrogens is 1. The van der Waals surface area contributed by atoms with Gasteiger partial charge in [0.05, 0.1) is 30.2 Å². The van der Waals surface area contributed by atoms with Crippen molar-refractivity contribution in [3.63, 3.8) is 0 Å². The fraction of sp³-hybridized carbons (Fsp3) is 0.429. The van der Waals surface area contributed by atoms with Gasteiger partial charge in [-0.1, -0.05) is 30.3 Å². The van der Waals surface area contributed by atoms with Crippen molar-refractivity contribution in [3.8, 4) is 0 Å². The summed E-state index contributed by atoms with van der Waals surface area (Å²) in [5, 5.41) is 12.2. The second kappa shape index (κ2) is 7.56. The summed E-state index contributed by atoms with van der Waals surface area (Å²) in [4.78, 5) is 24.2. The van der Waals surface area contributed by atoms with Gasteiger partial charge < -0.3 is 19.7 Å². The van der Waals surface area contributed by atoms with Gasteiger partial charge in [0, 0.05) is 18.0 Å². The smallest absolute Gasteiger partial charge is 0.305 e. The Morgan fingerprint density at radius 1 is 1.30 bits per heavy atom. The highest BCUT2D eigenvalue weighted by molar-refractivity contribution is 5.96. The topological polar surface area (TPSA) is 80.6 Å². The number of rotatable bonds is 6. The lowest BCUT2D eigenvalue weighted by Gasteiger charge is -2.27. The number of carboxylic acid groups (broad SMARTS) is 1. The van der Waals surface area contributed by atoms with E-state index in [4.69, 9.17) is 4.74 Å². The summed E-state index contributed by atoms with van der Waals surface area (Å²) >= 11 is 0. The zero-order valence-corrected chi connectivity index (χ0v) is 16.0. The van der Waals surface area contributed by atoms with Crippen LogP contribution >= 0.6 is 0 Å². The third-order valence-electron chi connectivity index (χ3n) is 5.37. The van der Waals surface area contributed by atoms with E-state index in [9.17, 15) is 14.7 Å². The molecule has 2 heterocycles. The Morgan fingerprint density at radius 2 is 2.00 bits per heavy atom. The highest BCUT2D eigenvalue weighted by atomic mass is 16.5. The summed E-state index contributed by atoms with van der Waals surface area (Å²) in [6.45, 7) is 6.70. The highest BCUT2D eigenvalue weighted by Crippen LogP contribution is 2.27. The normalized spacial score (nSPS) is 20.4. The number of carbonyl (C=O) groups excluding carboxylic acids is 1. The molecule has 144 valence electrons. The van der Waals surface area contributed by atoms with E-state index in [1.54, 1.807) is 0 Å². The Balaban J connectivity index is 1.87. The van der Waals surface area contributed by atoms with Crippen LogP contribution in [0, 0.1) is 13.8 Å². The van der Waals surface area contributed by atoms with Crippen LogP contribution in [0.2, 0.25) is 0 Å². The van der Waals surface area contributed by atoms with Crippen LogP contribution in [0.15, 0.2) is 36.4 Å². The number of nitrogens with zero attached hydrogens (tertiary/aromatic N) is 1. The molecule has 1 saturated heterocycles. The van der Waals surface area contributed by atoms with E-state index in [2.05, 4.69) is 28.9 Å². The second-order valence-corrected chi connectivity index (χ2v) is 7.35. The molecule has 1 aromatic carbocycles. The maximum Gasteiger partial charge on any atom is 0.305 e. The number of amides is 1. The average Bonchev–Trinajstić information content (AvgIpc) is 3.18. The van der Waals surface area contributed by atoms with Crippen molar-refractivity contribution in [2.24, 2.45) is 0 Å². The lowest BCUT2D eigenvalue weighted by molar-refractivity contribution is -0.138. The summed E-state index contributed by atoms with van der Waals surface area (Å²) in [7, 11) is 0. The number of aryl methyl sites for hydroxylation is 1. The number of nitrogens with one attached hydrogen (secondary N) is 1. The maximum atomic E-state index is 13.0. The summed E-state index contributed by atoms with van der Waals surface area (Å²) in [5.74, 6) is -1.19. The van der Waals surface area contributed by atoms with Gasteiger partial charge in [0.25, 0.3) is 5.91 Å². The van der Waals surface area contributed by atoms with Gasteiger partial charge in [0.1, 0.15) is 0 Å². The van der Waals surface area contributed by atoms with Crippen LogP contribution < -0.4 is 5.32 Å². The highest BCUT2D eigenvalue weighted by Gasteiger charge is 2.39. The first kappa shape index (κ1) is 19.2. The van der Waals surface area contributed by atoms with Crippen LogP contribution in [0.5, 0.6) is 0 Å². The van der Waals surface area contributed by atoms with Gasteiger partial charge in [-0.15, -0.1) is 0 Å². The zero-order valence-electron chi connectivity index (χ0n) is 16.0. The first-order chi connectivity index (χ1) is 12.8. The van der Waals surface area contributed by atoms with Gasteiger partial charge in [-0.2, -0.15) is 0 Å². The van der Waals surface area contributed by atoms with Crippen LogP contribution in [0.25, 0.3) is 0 Å². The lowest BCUT2D eigenvalue weighted by Crippen LogP contribution is -2.50. The molecule has 3 rings (SSSR count). The minimum absolute atomic E-state index is 0.0931. The lowest BCUT2D eigenvalue weighted by atomic mass is 9.93. The maximum absolute atomic E-state index is 13.0. The van der Waals surface area contributed by atoms with Gasteiger partial charge in [-0.3, -0.25) is 9.59 Å². The number of carbonyl (C=O) groups is 2. The van der Waals surface area contributed by atoms with E-state index < -0.39 is 11.5 Å². The Kier molecular flexibility index (Phi) is 5.37. The minimum atomic E-state index is -0.941. The van der Waals surface area contributed by atoms with Crippen LogP contribution in [0.3, 0.4) is 0 Å². The fourth-order valence-corrected chi connectivity index (χ4v) is 3.97. The number of benzene rings is 1. The summed E-state index contributed by atoms with van der Waals surface area (Å²) < 4.78 is 7.51. The first-order valence-electron chi connectivity index (χ1n) is 9.18. The molecule has 1 amide bonds. The molecule has 1 aromatic heterocycles. The Hall–Kier alpha value is -2.60. The number of ether oxygens (including phenoxy) is 1. The Bertz CT molecular complexity index is 835. The molecule has 0 saturated carbocycles. The van der Waals surface area contributed by atoms with Crippen molar-refractivity contribution in [2.75, 3.05) is 13.2 Å². The van der Waals surface area contributed by atoms with Gasteiger partial charge in [0.2, 0.25) is 0 Å². The summed E-state index contributed by atoms with van der Waals surface area (Å²) in [5.41, 5.74) is 2.76. The Morgan fingerprint density at radius 3 is 2.59 bits per heavy atom. The summed E-state index contributed by atoms with van der Waals surface area (Å²) in [6, 6.07) is 12.1. The quantitative estimate of drug-likeness (QED) is 0.819. The predicted octanol–water partition coefficient (Wildman–Crippen LogP) is 3.08. The van der Waals surface area contributed by atoms with E-state index in [1.807, 2.05) is 38.1 Å². The predicted molar refractivity (Wildman–Crippen MR) is 102 cm³/mol. The van der Waals surface area contributed by atoms with Crippen LogP contribution in [0.4, 0.5) is 0 Å². The average molecular weight is 370 g/mol. The molecular weight excluding hydrogens is 344 g/mol. The van der Waals surface area contributed by atoms with E-state index in [0.717, 1.165) is 17.0 Å².